The number of nitrogens with zero attached hydrogens (tertiary/aromatic N) is 2. The Morgan fingerprint density at radius 3 is 2.62 bits per heavy atom. The zero-order valence-corrected chi connectivity index (χ0v) is 8.00. The van der Waals surface area contributed by atoms with Gasteiger partial charge in [0.1, 0.15) is 0 Å². The largest absolute Gasteiger partial charge is 0.468 e. The molecule has 2 atom stereocenters. The second-order valence-corrected chi connectivity index (χ2v) is 2.92. The van der Waals surface area contributed by atoms with E-state index in [-0.39, 0.29) is 0 Å². The van der Waals surface area contributed by atoms with Gasteiger partial charge in [-0.2, -0.15) is 5.26 Å². The number of hydrogen-bond donors (Lipinski definition) is 0. The van der Waals surface area contributed by atoms with Crippen molar-refractivity contribution in [3.63, 3.8) is 0 Å². The van der Waals surface area contributed by atoms with Crippen LogP contribution < -0.4 is 0 Å². The van der Waals surface area contributed by atoms with Crippen molar-refractivity contribution in [3.8, 4) is 6.07 Å². The zero-order valence-electron chi connectivity index (χ0n) is 8.00. The van der Waals surface area contributed by atoms with Crippen LogP contribution >= 0.6 is 0 Å². The predicted octanol–water partition coefficient (Wildman–Crippen LogP) is 1.39. The summed E-state index contributed by atoms with van der Waals surface area (Å²) in [5.41, 5.74) is -1.01. The van der Waals surface area contributed by atoms with E-state index in [4.69, 9.17) is 11.8 Å². The first-order valence-corrected chi connectivity index (χ1v) is 3.91. The average Bonchev–Trinajstić information content (AvgIpc) is 2.17. The van der Waals surface area contributed by atoms with Crippen molar-refractivity contribution >= 4 is 5.97 Å². The molecule has 0 aromatic carbocycles. The van der Waals surface area contributed by atoms with Gasteiger partial charge in [0.05, 0.1) is 7.11 Å². The molecule has 0 aromatic heterocycles. The van der Waals surface area contributed by atoms with Crippen molar-refractivity contribution < 1.29 is 9.53 Å². The van der Waals surface area contributed by atoms with Crippen LogP contribution in [0.3, 0.4) is 0 Å². The van der Waals surface area contributed by atoms with Gasteiger partial charge in [0.15, 0.2) is 11.5 Å². The summed E-state index contributed by atoms with van der Waals surface area (Å²) in [5.74, 6) is -0.502. The van der Waals surface area contributed by atoms with Crippen molar-refractivity contribution in [2.24, 2.45) is 5.41 Å². The van der Waals surface area contributed by atoms with Gasteiger partial charge in [-0.15, -0.1) is 0 Å². The van der Waals surface area contributed by atoms with Crippen molar-refractivity contribution in [2.45, 2.75) is 26.3 Å². The van der Waals surface area contributed by atoms with Gasteiger partial charge >= 0.3 is 12.0 Å². The van der Waals surface area contributed by atoms with Gasteiger partial charge in [-0.25, -0.2) is 6.57 Å². The molecule has 0 bridgehead atoms. The molecule has 0 aliphatic carbocycles. The SMILES string of the molecule is [C-]#[N+]C(C#N)C(C)(CC)C(=O)OC. The highest BCUT2D eigenvalue weighted by Crippen LogP contribution is 2.29. The predicted molar refractivity (Wildman–Crippen MR) is 46.4 cm³/mol. The van der Waals surface area contributed by atoms with E-state index in [0.29, 0.717) is 6.42 Å². The number of carbonyl (C=O) groups is 1. The minimum absolute atomic E-state index is 0.417. The van der Waals surface area contributed by atoms with E-state index >= 15 is 0 Å². The molecule has 0 amide bonds. The van der Waals surface area contributed by atoms with Crippen LogP contribution in [0.4, 0.5) is 0 Å². The molecule has 0 N–H and O–H groups in total. The molecule has 0 spiro atoms. The molecule has 0 aliphatic heterocycles. The number of carbonyl (C=O) groups excluding carboxylic acids is 1. The fourth-order valence-electron chi connectivity index (χ4n) is 0.996. The standard InChI is InChI=1S/C9H12N2O2/c1-5-9(2,8(12)13-4)7(6-10)11-3/h7H,5H2,1-2,4H3. The monoisotopic (exact) mass is 180 g/mol. The summed E-state index contributed by atoms with van der Waals surface area (Å²) < 4.78 is 4.56. The lowest BCUT2D eigenvalue weighted by molar-refractivity contribution is -0.151. The Morgan fingerprint density at radius 2 is 2.38 bits per heavy atom. The van der Waals surface area contributed by atoms with Crippen LogP contribution in [0.1, 0.15) is 20.3 Å². The molecule has 70 valence electrons. The molecule has 4 nitrogen and oxygen atoms in total. The van der Waals surface area contributed by atoms with Gasteiger partial charge < -0.3 is 4.74 Å². The first-order valence-electron chi connectivity index (χ1n) is 3.91. The first-order chi connectivity index (χ1) is 6.06. The fourth-order valence-corrected chi connectivity index (χ4v) is 0.996. The molecule has 0 aromatic rings. The van der Waals surface area contributed by atoms with Crippen molar-refractivity contribution in [3.05, 3.63) is 11.4 Å². The van der Waals surface area contributed by atoms with Crippen LogP contribution in [-0.2, 0) is 9.53 Å². The normalized spacial score (nSPS) is 16.1. The van der Waals surface area contributed by atoms with Crippen LogP contribution in [0.2, 0.25) is 0 Å². The number of rotatable bonds is 3. The second-order valence-electron chi connectivity index (χ2n) is 2.92. The molecule has 0 heterocycles. The lowest BCUT2D eigenvalue weighted by Crippen LogP contribution is -2.37. The number of nitriles is 1. The summed E-state index contributed by atoms with van der Waals surface area (Å²) in [4.78, 5) is 14.4. The van der Waals surface area contributed by atoms with E-state index in [1.54, 1.807) is 19.9 Å². The molecule has 0 rings (SSSR count). The highest BCUT2D eigenvalue weighted by molar-refractivity contribution is 5.78. The van der Waals surface area contributed by atoms with E-state index in [2.05, 4.69) is 9.58 Å². The maximum Gasteiger partial charge on any atom is 0.322 e. The molecule has 0 fully saturated rings. The Hall–Kier alpha value is -1.55. The van der Waals surface area contributed by atoms with Gasteiger partial charge in [0.25, 0.3) is 0 Å². The van der Waals surface area contributed by atoms with Crippen molar-refractivity contribution in [1.29, 1.82) is 5.26 Å². The van der Waals surface area contributed by atoms with Crippen molar-refractivity contribution in [2.75, 3.05) is 7.11 Å². The Morgan fingerprint density at radius 1 is 1.85 bits per heavy atom. The topological polar surface area (TPSA) is 54.5 Å². The number of ether oxygens (including phenoxy) is 1. The van der Waals surface area contributed by atoms with Gasteiger partial charge in [0, 0.05) is 0 Å². The average molecular weight is 180 g/mol. The maximum absolute atomic E-state index is 11.3. The molecular weight excluding hydrogens is 168 g/mol. The highest BCUT2D eigenvalue weighted by Gasteiger charge is 2.46. The number of hydrogen-bond acceptors (Lipinski definition) is 3. The molecule has 0 radical (unpaired) electrons. The van der Waals surface area contributed by atoms with Gasteiger partial charge in [0.2, 0.25) is 0 Å². The summed E-state index contributed by atoms with van der Waals surface area (Å²) in [6.07, 6.45) is 0.417. The summed E-state index contributed by atoms with van der Waals surface area (Å²) in [6, 6.07) is 0.836. The van der Waals surface area contributed by atoms with E-state index in [0.717, 1.165) is 0 Å². The maximum atomic E-state index is 11.3. The molecule has 0 aliphatic rings. The summed E-state index contributed by atoms with van der Waals surface area (Å²) in [5, 5.41) is 8.67. The molecular formula is C9H12N2O2. The minimum Gasteiger partial charge on any atom is -0.468 e. The van der Waals surface area contributed by atoms with Gasteiger partial charge in [-0.1, -0.05) is 6.92 Å². The van der Waals surface area contributed by atoms with E-state index < -0.39 is 17.4 Å². The minimum atomic E-state index is -1.01. The molecule has 0 saturated carbocycles. The van der Waals surface area contributed by atoms with Crippen LogP contribution in [0.5, 0.6) is 0 Å². The van der Waals surface area contributed by atoms with Gasteiger partial charge in [-0.3, -0.25) is 9.64 Å². The number of esters is 1. The quantitative estimate of drug-likeness (QED) is 0.487. The van der Waals surface area contributed by atoms with Crippen molar-refractivity contribution in [1.82, 2.24) is 0 Å². The molecule has 0 saturated heterocycles. The molecule has 4 heteroatoms. The van der Waals surface area contributed by atoms with E-state index in [1.807, 2.05) is 0 Å². The van der Waals surface area contributed by atoms with Gasteiger partial charge in [-0.05, 0) is 13.3 Å². The molecule has 2 unspecified atom stereocenters. The summed E-state index contributed by atoms with van der Waals surface area (Å²) >= 11 is 0. The zero-order chi connectivity index (χ0) is 10.5. The lowest BCUT2D eigenvalue weighted by Gasteiger charge is -2.21. The number of methoxy groups -OCH3 is 1. The van der Waals surface area contributed by atoms with E-state index in [9.17, 15) is 4.79 Å². The summed E-state index contributed by atoms with van der Waals surface area (Å²) in [7, 11) is 1.26. The Bertz CT molecular complexity index is 260. The Kier molecular flexibility index (Phi) is 3.94. The van der Waals surface area contributed by atoms with E-state index in [1.165, 1.54) is 7.11 Å². The summed E-state index contributed by atoms with van der Waals surface area (Å²) in [6.45, 7) is 10.1. The Labute approximate surface area is 77.9 Å². The third kappa shape index (κ3) is 1.97. The lowest BCUT2D eigenvalue weighted by atomic mass is 9.81. The Balaban J connectivity index is 4.96. The third-order valence-corrected chi connectivity index (χ3v) is 2.24. The van der Waals surface area contributed by atoms with Crippen LogP contribution in [0, 0.1) is 23.3 Å². The van der Waals surface area contributed by atoms with Crippen LogP contribution in [-0.4, -0.2) is 19.1 Å². The third-order valence-electron chi connectivity index (χ3n) is 2.24. The first kappa shape index (κ1) is 11.4. The fraction of sp³-hybridized carbons (Fsp3) is 0.667. The van der Waals surface area contributed by atoms with Crippen LogP contribution in [0.25, 0.3) is 4.85 Å². The smallest absolute Gasteiger partial charge is 0.322 e. The molecule has 13 heavy (non-hydrogen) atoms. The highest BCUT2D eigenvalue weighted by atomic mass is 16.5. The van der Waals surface area contributed by atoms with Crippen LogP contribution in [0.15, 0.2) is 0 Å². The second kappa shape index (κ2) is 4.47.